The summed E-state index contributed by atoms with van der Waals surface area (Å²) in [6.45, 7) is 6.67. The summed E-state index contributed by atoms with van der Waals surface area (Å²) in [5.41, 5.74) is 0. The molecule has 0 amide bonds. The largest absolute Gasteiger partial charge is 0.462 e. The van der Waals surface area contributed by atoms with Gasteiger partial charge < -0.3 is 14.2 Å². The topological polar surface area (TPSA) is 78.9 Å². The molecule has 0 heterocycles. The van der Waals surface area contributed by atoms with Crippen LogP contribution in [0, 0.1) is 0 Å². The van der Waals surface area contributed by atoms with Crippen LogP contribution in [0.5, 0.6) is 0 Å². The van der Waals surface area contributed by atoms with Crippen molar-refractivity contribution in [1.82, 2.24) is 0 Å². The Hall–Kier alpha value is -2.11. The fraction of sp³-hybridized carbons (Fsp3) is 0.891. The first-order chi connectivity index (χ1) is 34.5. The summed E-state index contributed by atoms with van der Waals surface area (Å²) in [5.74, 6) is -0.860. The third-order valence-corrected chi connectivity index (χ3v) is 14.2. The molecule has 0 radical (unpaired) electrons. The van der Waals surface area contributed by atoms with Crippen molar-refractivity contribution in [2.45, 2.75) is 354 Å². The first-order valence-electron chi connectivity index (χ1n) is 31.3. The van der Waals surface area contributed by atoms with Gasteiger partial charge in [-0.05, 0) is 70.6 Å². The van der Waals surface area contributed by atoms with Crippen molar-refractivity contribution in [1.29, 1.82) is 0 Å². The molecule has 0 spiro atoms. The molecule has 70 heavy (non-hydrogen) atoms. The second-order valence-corrected chi connectivity index (χ2v) is 21.3. The molecule has 1 atom stereocenters. The lowest BCUT2D eigenvalue weighted by Crippen LogP contribution is -2.30. The van der Waals surface area contributed by atoms with E-state index in [1.165, 1.54) is 244 Å². The molecule has 0 aliphatic heterocycles. The minimum Gasteiger partial charge on any atom is -0.462 e. The van der Waals surface area contributed by atoms with Crippen molar-refractivity contribution < 1.29 is 28.6 Å². The fourth-order valence-corrected chi connectivity index (χ4v) is 9.44. The van der Waals surface area contributed by atoms with Gasteiger partial charge in [-0.3, -0.25) is 14.4 Å². The maximum Gasteiger partial charge on any atom is 0.306 e. The van der Waals surface area contributed by atoms with E-state index in [4.69, 9.17) is 14.2 Å². The second kappa shape index (κ2) is 59.5. The summed E-state index contributed by atoms with van der Waals surface area (Å²) < 4.78 is 16.9. The van der Waals surface area contributed by atoms with Crippen LogP contribution in [0.4, 0.5) is 0 Å². The quantitative estimate of drug-likeness (QED) is 0.0261. The Balaban J connectivity index is 4.28. The average Bonchev–Trinajstić information content (AvgIpc) is 3.36. The predicted molar refractivity (Wildman–Crippen MR) is 303 cm³/mol. The highest BCUT2D eigenvalue weighted by Crippen LogP contribution is 2.17. The first-order valence-corrected chi connectivity index (χ1v) is 31.3. The monoisotopic (exact) mass is 985 g/mol. The number of carbonyl (C=O) groups is 3. The second-order valence-electron chi connectivity index (χ2n) is 21.3. The van der Waals surface area contributed by atoms with Crippen molar-refractivity contribution >= 4 is 17.9 Å². The van der Waals surface area contributed by atoms with E-state index >= 15 is 0 Å². The van der Waals surface area contributed by atoms with Crippen molar-refractivity contribution in [2.24, 2.45) is 0 Å². The highest BCUT2D eigenvalue weighted by atomic mass is 16.6. The molecule has 1 unspecified atom stereocenters. The Bertz CT molecular complexity index is 1130. The zero-order chi connectivity index (χ0) is 50.7. The van der Waals surface area contributed by atoms with Gasteiger partial charge in [-0.2, -0.15) is 0 Å². The Kier molecular flexibility index (Phi) is 57.7. The highest BCUT2D eigenvalue weighted by Gasteiger charge is 2.19. The summed E-state index contributed by atoms with van der Waals surface area (Å²) in [4.78, 5) is 38.2. The first kappa shape index (κ1) is 67.9. The summed E-state index contributed by atoms with van der Waals surface area (Å²) >= 11 is 0. The summed E-state index contributed by atoms with van der Waals surface area (Å²) in [5, 5.41) is 0. The Morgan fingerprint density at radius 1 is 0.271 bits per heavy atom. The molecule has 0 aliphatic carbocycles. The molecule has 0 aliphatic rings. The maximum absolute atomic E-state index is 12.9. The van der Waals surface area contributed by atoms with E-state index in [2.05, 4.69) is 45.1 Å². The SMILES string of the molecule is CCCCCC/C=C\CCCCCCCC(=O)OCC(COC(=O)CCCCCCCCCCCCCCCCCCCCCCC)OC(=O)CCCCCCCCC/C=C\CCCCCCCCC. The molecular weight excluding hydrogens is 865 g/mol. The van der Waals surface area contributed by atoms with Crippen molar-refractivity contribution in [3.05, 3.63) is 24.3 Å². The lowest BCUT2D eigenvalue weighted by Gasteiger charge is -2.18. The number of rotatable bonds is 58. The van der Waals surface area contributed by atoms with Gasteiger partial charge >= 0.3 is 17.9 Å². The molecular formula is C64H120O6. The average molecular weight is 986 g/mol. The summed E-state index contributed by atoms with van der Waals surface area (Å²) in [7, 11) is 0. The smallest absolute Gasteiger partial charge is 0.306 e. The van der Waals surface area contributed by atoms with Gasteiger partial charge in [0.1, 0.15) is 13.2 Å². The number of hydrogen-bond acceptors (Lipinski definition) is 6. The minimum atomic E-state index is -0.774. The van der Waals surface area contributed by atoms with Gasteiger partial charge in [0.15, 0.2) is 6.10 Å². The minimum absolute atomic E-state index is 0.0708. The molecule has 0 saturated carbocycles. The van der Waals surface area contributed by atoms with Gasteiger partial charge in [0.05, 0.1) is 0 Å². The van der Waals surface area contributed by atoms with Crippen LogP contribution in [0.25, 0.3) is 0 Å². The van der Waals surface area contributed by atoms with Crippen LogP contribution in [0.3, 0.4) is 0 Å². The van der Waals surface area contributed by atoms with E-state index < -0.39 is 6.10 Å². The Morgan fingerprint density at radius 2 is 0.471 bits per heavy atom. The lowest BCUT2D eigenvalue weighted by molar-refractivity contribution is -0.167. The zero-order valence-corrected chi connectivity index (χ0v) is 47.3. The van der Waals surface area contributed by atoms with Gasteiger partial charge in [0, 0.05) is 19.3 Å². The molecule has 412 valence electrons. The Labute approximate surface area is 436 Å². The van der Waals surface area contributed by atoms with Crippen LogP contribution in [-0.4, -0.2) is 37.2 Å². The van der Waals surface area contributed by atoms with Gasteiger partial charge in [0.25, 0.3) is 0 Å². The van der Waals surface area contributed by atoms with Crippen LogP contribution in [0.1, 0.15) is 348 Å². The van der Waals surface area contributed by atoms with Crippen LogP contribution in [0.2, 0.25) is 0 Å². The van der Waals surface area contributed by atoms with E-state index in [-0.39, 0.29) is 31.1 Å². The van der Waals surface area contributed by atoms with Crippen LogP contribution >= 0.6 is 0 Å². The molecule has 0 fully saturated rings. The van der Waals surface area contributed by atoms with Gasteiger partial charge in [-0.25, -0.2) is 0 Å². The normalized spacial score (nSPS) is 12.1. The van der Waals surface area contributed by atoms with Crippen LogP contribution in [0.15, 0.2) is 24.3 Å². The van der Waals surface area contributed by atoms with E-state index in [0.717, 1.165) is 64.2 Å². The summed E-state index contributed by atoms with van der Waals surface area (Å²) in [6.07, 6.45) is 70.4. The zero-order valence-electron chi connectivity index (χ0n) is 47.3. The number of esters is 3. The molecule has 6 heteroatoms. The molecule has 0 bridgehead atoms. The summed E-state index contributed by atoms with van der Waals surface area (Å²) in [6, 6.07) is 0. The van der Waals surface area contributed by atoms with Crippen molar-refractivity contribution in [3.63, 3.8) is 0 Å². The fourth-order valence-electron chi connectivity index (χ4n) is 9.44. The molecule has 0 aromatic heterocycles. The Morgan fingerprint density at radius 3 is 0.729 bits per heavy atom. The van der Waals surface area contributed by atoms with E-state index in [0.29, 0.717) is 19.3 Å². The van der Waals surface area contributed by atoms with Crippen LogP contribution in [-0.2, 0) is 28.6 Å². The molecule has 0 aromatic carbocycles. The van der Waals surface area contributed by atoms with Gasteiger partial charge in [0.2, 0.25) is 0 Å². The molecule has 0 rings (SSSR count). The number of carbonyl (C=O) groups excluding carboxylic acids is 3. The molecule has 0 N–H and O–H groups in total. The number of hydrogen-bond donors (Lipinski definition) is 0. The number of unbranched alkanes of at least 4 members (excludes halogenated alkanes) is 43. The standard InChI is InChI=1S/C64H120O6/c1-4-7-10-13-16-19-22-25-27-29-31-32-33-35-36-39-42-45-48-51-54-57-63(66)69-60-61(59-68-62(65)56-53-50-47-44-41-38-24-21-18-15-12-9-6-3)70-64(67)58-55-52-49-46-43-40-37-34-30-28-26-23-20-17-14-11-8-5-2/h21,24,28,30,61H,4-20,22-23,25-27,29,31-60H2,1-3H3/b24-21-,30-28-. The lowest BCUT2D eigenvalue weighted by atomic mass is 10.0. The van der Waals surface area contributed by atoms with Gasteiger partial charge in [-0.15, -0.1) is 0 Å². The van der Waals surface area contributed by atoms with Crippen molar-refractivity contribution in [2.75, 3.05) is 13.2 Å². The van der Waals surface area contributed by atoms with Gasteiger partial charge in [-0.1, -0.05) is 283 Å². The number of ether oxygens (including phenoxy) is 3. The number of allylic oxidation sites excluding steroid dienone is 4. The third kappa shape index (κ3) is 56.8. The van der Waals surface area contributed by atoms with E-state index in [1.54, 1.807) is 0 Å². The van der Waals surface area contributed by atoms with E-state index in [1.807, 2.05) is 0 Å². The molecule has 0 saturated heterocycles. The van der Waals surface area contributed by atoms with Crippen molar-refractivity contribution in [3.8, 4) is 0 Å². The van der Waals surface area contributed by atoms with Crippen LogP contribution < -0.4 is 0 Å². The third-order valence-electron chi connectivity index (χ3n) is 14.2. The maximum atomic E-state index is 12.9. The van der Waals surface area contributed by atoms with E-state index in [9.17, 15) is 14.4 Å². The molecule has 6 nitrogen and oxygen atoms in total. The highest BCUT2D eigenvalue weighted by molar-refractivity contribution is 5.71. The predicted octanol–water partition coefficient (Wildman–Crippen LogP) is 21.1. The molecule has 0 aromatic rings.